The van der Waals surface area contributed by atoms with Crippen molar-refractivity contribution in [3.8, 4) is 11.5 Å². The molecule has 1 fully saturated rings. The third-order valence-corrected chi connectivity index (χ3v) is 6.19. The molecule has 3 aromatic rings. The zero-order chi connectivity index (χ0) is 21.1. The molecule has 30 heavy (non-hydrogen) atoms. The maximum atomic E-state index is 13.4. The maximum Gasteiger partial charge on any atom is 0.238 e. The Balaban J connectivity index is 1.56. The van der Waals surface area contributed by atoms with E-state index in [1.165, 1.54) is 12.1 Å². The summed E-state index contributed by atoms with van der Waals surface area (Å²) in [5.74, 6) is 1.24. The van der Waals surface area contributed by atoms with Gasteiger partial charge in [0, 0.05) is 10.7 Å². The topological polar surface area (TPSA) is 38.8 Å². The molecular weight excluding hydrogens is 425 g/mol. The smallest absolute Gasteiger partial charge is 0.238 e. The highest BCUT2D eigenvalue weighted by Crippen LogP contribution is 2.44. The number of carbonyl (C=O) groups excluding carboxylic acids is 1. The first-order valence-corrected chi connectivity index (χ1v) is 10.7. The Morgan fingerprint density at radius 3 is 2.63 bits per heavy atom. The van der Waals surface area contributed by atoms with E-state index in [0.717, 1.165) is 16.8 Å². The van der Waals surface area contributed by atoms with Crippen LogP contribution in [-0.4, -0.2) is 18.8 Å². The Bertz CT molecular complexity index is 1060. The summed E-state index contributed by atoms with van der Waals surface area (Å²) < 4.78 is 24.7. The number of rotatable bonds is 6. The number of hydrogen-bond acceptors (Lipinski definition) is 4. The lowest BCUT2D eigenvalue weighted by Gasteiger charge is -2.25. The van der Waals surface area contributed by atoms with Crippen LogP contribution in [0, 0.1) is 5.82 Å². The van der Waals surface area contributed by atoms with Crippen LogP contribution in [0.25, 0.3) is 0 Å². The number of thioether (sulfide) groups is 1. The molecule has 7 heteroatoms. The predicted octanol–water partition coefficient (Wildman–Crippen LogP) is 5.85. The second-order valence-electron chi connectivity index (χ2n) is 6.73. The average Bonchev–Trinajstić information content (AvgIpc) is 3.14. The Morgan fingerprint density at radius 1 is 1.10 bits per heavy atom. The number of methoxy groups -OCH3 is 1. The normalized spacial score (nSPS) is 16.0. The Labute approximate surface area is 183 Å². The lowest BCUT2D eigenvalue weighted by molar-refractivity contribution is -0.115. The molecule has 0 N–H and O–H groups in total. The number of benzene rings is 3. The van der Waals surface area contributed by atoms with E-state index in [1.54, 1.807) is 48.0 Å². The number of amides is 1. The number of hydrogen-bond donors (Lipinski definition) is 0. The minimum absolute atomic E-state index is 0.0396. The van der Waals surface area contributed by atoms with Crippen molar-refractivity contribution in [2.45, 2.75) is 12.0 Å². The van der Waals surface area contributed by atoms with Gasteiger partial charge in [0.25, 0.3) is 0 Å². The molecule has 1 amide bonds. The van der Waals surface area contributed by atoms with Crippen molar-refractivity contribution in [3.05, 3.63) is 88.7 Å². The van der Waals surface area contributed by atoms with E-state index in [2.05, 4.69) is 0 Å². The molecule has 4 nitrogen and oxygen atoms in total. The van der Waals surface area contributed by atoms with E-state index < -0.39 is 0 Å². The van der Waals surface area contributed by atoms with E-state index in [4.69, 9.17) is 21.1 Å². The van der Waals surface area contributed by atoms with Crippen LogP contribution in [0.4, 0.5) is 10.1 Å². The summed E-state index contributed by atoms with van der Waals surface area (Å²) in [6.45, 7) is 0.223. The van der Waals surface area contributed by atoms with E-state index >= 15 is 0 Å². The molecule has 0 bridgehead atoms. The van der Waals surface area contributed by atoms with E-state index in [1.807, 2.05) is 30.3 Å². The van der Waals surface area contributed by atoms with Crippen LogP contribution in [0.2, 0.25) is 5.02 Å². The summed E-state index contributed by atoms with van der Waals surface area (Å²) in [4.78, 5) is 14.3. The van der Waals surface area contributed by atoms with Crippen LogP contribution in [0.1, 0.15) is 16.5 Å². The Morgan fingerprint density at radius 2 is 1.90 bits per heavy atom. The van der Waals surface area contributed by atoms with Crippen LogP contribution < -0.4 is 14.4 Å². The molecule has 0 aromatic heterocycles. The van der Waals surface area contributed by atoms with E-state index in [-0.39, 0.29) is 23.7 Å². The summed E-state index contributed by atoms with van der Waals surface area (Å²) in [5, 5.41) is 0.445. The zero-order valence-corrected chi connectivity index (χ0v) is 17.8. The number of ether oxygens (including phenoxy) is 2. The molecule has 1 atom stereocenters. The number of carbonyl (C=O) groups is 1. The van der Waals surface area contributed by atoms with E-state index in [9.17, 15) is 9.18 Å². The molecule has 0 aliphatic carbocycles. The second-order valence-corrected chi connectivity index (χ2v) is 8.24. The van der Waals surface area contributed by atoms with Crippen molar-refractivity contribution in [2.24, 2.45) is 0 Å². The van der Waals surface area contributed by atoms with Crippen molar-refractivity contribution in [3.63, 3.8) is 0 Å². The van der Waals surface area contributed by atoms with Gasteiger partial charge in [0.2, 0.25) is 5.91 Å². The Kier molecular flexibility index (Phi) is 6.16. The van der Waals surface area contributed by atoms with Crippen molar-refractivity contribution < 1.29 is 18.7 Å². The molecule has 1 aliphatic rings. The first-order valence-electron chi connectivity index (χ1n) is 9.29. The van der Waals surface area contributed by atoms with Gasteiger partial charge in [0.1, 0.15) is 17.8 Å². The van der Waals surface area contributed by atoms with Gasteiger partial charge >= 0.3 is 0 Å². The van der Waals surface area contributed by atoms with Gasteiger partial charge in [-0.25, -0.2) is 4.39 Å². The molecule has 3 aromatic carbocycles. The van der Waals surface area contributed by atoms with Gasteiger partial charge in [-0.15, -0.1) is 11.8 Å². The molecule has 0 spiro atoms. The number of nitrogens with zero attached hydrogens (tertiary/aromatic N) is 1. The van der Waals surface area contributed by atoms with E-state index in [0.29, 0.717) is 22.3 Å². The zero-order valence-electron chi connectivity index (χ0n) is 16.2. The number of halogens is 2. The largest absolute Gasteiger partial charge is 0.493 e. The molecule has 4 rings (SSSR count). The van der Waals surface area contributed by atoms with Gasteiger partial charge in [-0.2, -0.15) is 0 Å². The fourth-order valence-corrected chi connectivity index (χ4v) is 4.59. The molecule has 1 heterocycles. The number of anilines is 1. The fourth-order valence-electron chi connectivity index (χ4n) is 3.30. The maximum absolute atomic E-state index is 13.4. The van der Waals surface area contributed by atoms with Crippen LogP contribution in [0.3, 0.4) is 0 Å². The van der Waals surface area contributed by atoms with Gasteiger partial charge in [0.05, 0.1) is 12.9 Å². The monoisotopic (exact) mass is 443 g/mol. The third-order valence-electron chi connectivity index (χ3n) is 4.73. The molecule has 1 saturated heterocycles. The molecule has 0 unspecified atom stereocenters. The van der Waals surface area contributed by atoms with Crippen LogP contribution in [0.5, 0.6) is 11.5 Å². The van der Waals surface area contributed by atoms with Gasteiger partial charge < -0.3 is 9.47 Å². The summed E-state index contributed by atoms with van der Waals surface area (Å²) >= 11 is 7.54. The minimum Gasteiger partial charge on any atom is -0.493 e. The predicted molar refractivity (Wildman–Crippen MR) is 118 cm³/mol. The van der Waals surface area contributed by atoms with Crippen molar-refractivity contribution in [1.82, 2.24) is 0 Å². The first kappa shape index (κ1) is 20.6. The highest BCUT2D eigenvalue weighted by atomic mass is 35.5. The van der Waals surface area contributed by atoms with Crippen LogP contribution in [-0.2, 0) is 11.4 Å². The van der Waals surface area contributed by atoms with Crippen molar-refractivity contribution >= 4 is 35.0 Å². The summed E-state index contributed by atoms with van der Waals surface area (Å²) in [5.41, 5.74) is 2.45. The second kappa shape index (κ2) is 8.98. The molecule has 0 saturated carbocycles. The van der Waals surface area contributed by atoms with Crippen LogP contribution >= 0.6 is 23.4 Å². The third kappa shape index (κ3) is 4.40. The highest BCUT2D eigenvalue weighted by Gasteiger charge is 2.34. The molecule has 1 aliphatic heterocycles. The fraction of sp³-hybridized carbons (Fsp3) is 0.174. The lowest BCUT2D eigenvalue weighted by Crippen LogP contribution is -2.27. The lowest BCUT2D eigenvalue weighted by atomic mass is 10.1. The van der Waals surface area contributed by atoms with Crippen molar-refractivity contribution in [2.75, 3.05) is 17.8 Å². The van der Waals surface area contributed by atoms with Crippen molar-refractivity contribution in [1.29, 1.82) is 0 Å². The average molecular weight is 444 g/mol. The van der Waals surface area contributed by atoms with Gasteiger partial charge in [-0.05, 0) is 59.7 Å². The molecule has 154 valence electrons. The SMILES string of the molecule is COc1cc([C@H]2SCC(=O)N2c2ccc(Cl)cc2)ccc1OCc1cccc(F)c1. The quantitative estimate of drug-likeness (QED) is 0.479. The Hall–Kier alpha value is -2.70. The minimum atomic E-state index is -0.302. The molecule has 0 radical (unpaired) electrons. The molecular formula is C23H19ClFNO3S. The first-order chi connectivity index (χ1) is 14.5. The standard InChI is InChI=1S/C23H19ClFNO3S/c1-28-21-12-16(5-10-20(21)29-13-15-3-2-4-18(25)11-15)23-26(22(27)14-30-23)19-8-6-17(24)7-9-19/h2-12,23H,13-14H2,1H3/t23-/m1/s1. The highest BCUT2D eigenvalue weighted by molar-refractivity contribution is 8.00. The van der Waals surface area contributed by atoms with Gasteiger partial charge in [0.15, 0.2) is 11.5 Å². The van der Waals surface area contributed by atoms with Crippen LogP contribution in [0.15, 0.2) is 66.7 Å². The summed E-state index contributed by atoms with van der Waals surface area (Å²) in [6.07, 6.45) is 0. The summed E-state index contributed by atoms with van der Waals surface area (Å²) in [7, 11) is 1.57. The van der Waals surface area contributed by atoms with Gasteiger partial charge in [-0.1, -0.05) is 29.8 Å². The summed E-state index contributed by atoms with van der Waals surface area (Å²) in [6, 6.07) is 19.1. The van der Waals surface area contributed by atoms with Gasteiger partial charge in [-0.3, -0.25) is 9.69 Å².